The van der Waals surface area contributed by atoms with Gasteiger partial charge in [-0.2, -0.15) is 5.10 Å². The van der Waals surface area contributed by atoms with E-state index in [1.54, 1.807) is 7.11 Å². The van der Waals surface area contributed by atoms with Gasteiger partial charge in [-0.15, -0.1) is 0 Å². The molecule has 2 amide bonds. The number of rotatable bonds is 11. The number of carbonyl (C=O) groups is 2. The summed E-state index contributed by atoms with van der Waals surface area (Å²) >= 11 is 0. The van der Waals surface area contributed by atoms with Gasteiger partial charge in [-0.25, -0.2) is 4.79 Å². The van der Waals surface area contributed by atoms with Gasteiger partial charge in [0.2, 0.25) is 5.91 Å². The molecule has 3 aliphatic rings. The van der Waals surface area contributed by atoms with Crippen LogP contribution in [0.15, 0.2) is 48.5 Å². The number of alkyl carbamates (subject to hydrolysis) is 1. The molecule has 0 radical (unpaired) electrons. The number of aromatic nitrogens is 2. The third kappa shape index (κ3) is 7.00. The van der Waals surface area contributed by atoms with Gasteiger partial charge in [0.15, 0.2) is 12.1 Å². The summed E-state index contributed by atoms with van der Waals surface area (Å²) in [6, 6.07) is 15.7. The highest BCUT2D eigenvalue weighted by molar-refractivity contribution is 5.94. The third-order valence-electron chi connectivity index (χ3n) is 8.36. The number of ether oxygens (including phenoxy) is 5. The van der Waals surface area contributed by atoms with Gasteiger partial charge in [0.05, 0.1) is 25.9 Å². The standard InChI is InChI=1S/C33H40N4O7/c1-19(2)34-33(39)44-22-10-9-21(13-22)27-17-29(37-36-27)35-31(38)26-16-24(26)25-14-23(40-3)15-28(30(25)32-41-11-12-42-32)43-18-20-7-5-4-6-8-20/h4-8,14-15,17,19,21-22,24,26,32H,9-13,16,18H2,1-3H3,(H,34,39)(H2,35,36,37,38)/t21-,22+,24-,26+/m0/s1. The molecule has 6 rings (SSSR count). The lowest BCUT2D eigenvalue weighted by atomic mass is 9.99. The fraction of sp³-hybridized carbons (Fsp3) is 0.485. The molecule has 0 unspecified atom stereocenters. The Balaban J connectivity index is 1.12. The fourth-order valence-electron chi connectivity index (χ4n) is 6.09. The second kappa shape index (κ2) is 13.3. The Bertz CT molecular complexity index is 1450. The van der Waals surface area contributed by atoms with E-state index in [0.717, 1.165) is 35.2 Å². The van der Waals surface area contributed by atoms with Crippen LogP contribution in [-0.2, 0) is 25.6 Å². The number of aromatic amines is 1. The molecule has 11 nitrogen and oxygen atoms in total. The van der Waals surface area contributed by atoms with E-state index in [1.165, 1.54) is 0 Å². The Hall–Kier alpha value is -4.09. The van der Waals surface area contributed by atoms with Gasteiger partial charge in [0.25, 0.3) is 0 Å². The molecule has 11 heteroatoms. The second-order valence-corrected chi connectivity index (χ2v) is 12.0. The number of amides is 2. The summed E-state index contributed by atoms with van der Waals surface area (Å²) in [6.45, 7) is 5.15. The van der Waals surface area contributed by atoms with Crippen molar-refractivity contribution >= 4 is 17.8 Å². The maximum absolute atomic E-state index is 13.4. The van der Waals surface area contributed by atoms with E-state index in [9.17, 15) is 9.59 Å². The zero-order chi connectivity index (χ0) is 30.6. The predicted molar refractivity (Wildman–Crippen MR) is 162 cm³/mol. The molecule has 1 aromatic heterocycles. The van der Waals surface area contributed by atoms with Gasteiger partial charge >= 0.3 is 6.09 Å². The van der Waals surface area contributed by atoms with Crippen LogP contribution < -0.4 is 20.1 Å². The zero-order valence-corrected chi connectivity index (χ0v) is 25.3. The third-order valence-corrected chi connectivity index (χ3v) is 8.36. The minimum atomic E-state index is -0.574. The number of anilines is 1. The number of hydrogen-bond acceptors (Lipinski definition) is 8. The van der Waals surface area contributed by atoms with E-state index >= 15 is 0 Å². The average molecular weight is 605 g/mol. The molecule has 44 heavy (non-hydrogen) atoms. The molecule has 3 aromatic rings. The van der Waals surface area contributed by atoms with Crippen LogP contribution in [0.3, 0.4) is 0 Å². The highest BCUT2D eigenvalue weighted by atomic mass is 16.7. The Morgan fingerprint density at radius 1 is 1.07 bits per heavy atom. The maximum Gasteiger partial charge on any atom is 0.407 e. The number of nitrogens with one attached hydrogen (secondary N) is 3. The van der Waals surface area contributed by atoms with Crippen LogP contribution in [0.25, 0.3) is 0 Å². The Kier molecular flexibility index (Phi) is 9.04. The van der Waals surface area contributed by atoms with E-state index < -0.39 is 6.29 Å². The van der Waals surface area contributed by atoms with Gasteiger partial charge < -0.3 is 34.3 Å². The molecular weight excluding hydrogens is 564 g/mol. The van der Waals surface area contributed by atoms with Gasteiger partial charge in [-0.05, 0) is 62.6 Å². The van der Waals surface area contributed by atoms with Crippen LogP contribution in [0.2, 0.25) is 0 Å². The van der Waals surface area contributed by atoms with Gasteiger partial charge in [0, 0.05) is 35.7 Å². The van der Waals surface area contributed by atoms with Crippen LogP contribution in [0.5, 0.6) is 11.5 Å². The summed E-state index contributed by atoms with van der Waals surface area (Å²) in [6.07, 6.45) is 1.95. The van der Waals surface area contributed by atoms with Crippen LogP contribution in [0, 0.1) is 5.92 Å². The van der Waals surface area contributed by atoms with Crippen molar-refractivity contribution in [2.75, 3.05) is 25.6 Å². The monoisotopic (exact) mass is 604 g/mol. The largest absolute Gasteiger partial charge is 0.497 e. The average Bonchev–Trinajstić information content (AvgIpc) is 3.35. The summed E-state index contributed by atoms with van der Waals surface area (Å²) in [4.78, 5) is 25.4. The van der Waals surface area contributed by atoms with Crippen LogP contribution in [0.4, 0.5) is 10.6 Å². The van der Waals surface area contributed by atoms with Crippen molar-refractivity contribution in [3.8, 4) is 11.5 Å². The molecule has 2 aromatic carbocycles. The number of benzene rings is 2. The molecular formula is C33H40N4O7. The van der Waals surface area contributed by atoms with Crippen molar-refractivity contribution in [3.05, 3.63) is 70.9 Å². The first-order valence-corrected chi connectivity index (χ1v) is 15.3. The molecule has 1 aliphatic heterocycles. The van der Waals surface area contributed by atoms with Crippen LogP contribution >= 0.6 is 0 Å². The normalized spacial score (nSPS) is 23.0. The van der Waals surface area contributed by atoms with E-state index in [2.05, 4.69) is 20.8 Å². The van der Waals surface area contributed by atoms with Crippen molar-refractivity contribution in [1.82, 2.24) is 15.5 Å². The second-order valence-electron chi connectivity index (χ2n) is 12.0. The van der Waals surface area contributed by atoms with Crippen molar-refractivity contribution in [2.45, 2.75) is 76.4 Å². The first-order valence-electron chi connectivity index (χ1n) is 15.3. The summed E-state index contributed by atoms with van der Waals surface area (Å²) in [7, 11) is 1.62. The lowest BCUT2D eigenvalue weighted by Crippen LogP contribution is -2.33. The van der Waals surface area contributed by atoms with Crippen molar-refractivity contribution < 1.29 is 33.3 Å². The van der Waals surface area contributed by atoms with Gasteiger partial charge in [-0.3, -0.25) is 9.89 Å². The lowest BCUT2D eigenvalue weighted by Gasteiger charge is -2.21. The Labute approximate surface area is 256 Å². The number of carbonyl (C=O) groups excluding carboxylic acids is 2. The number of H-pyrrole nitrogens is 1. The van der Waals surface area contributed by atoms with Gasteiger partial charge in [0.1, 0.15) is 24.2 Å². The number of hydrogen-bond donors (Lipinski definition) is 3. The first kappa shape index (κ1) is 30.0. The maximum atomic E-state index is 13.4. The smallest absolute Gasteiger partial charge is 0.407 e. The zero-order valence-electron chi connectivity index (χ0n) is 25.3. The van der Waals surface area contributed by atoms with Crippen molar-refractivity contribution in [2.24, 2.45) is 5.92 Å². The predicted octanol–water partition coefficient (Wildman–Crippen LogP) is 5.56. The SMILES string of the molecule is COc1cc(OCc2ccccc2)c(C2OCCO2)c([C@@H]2C[C@H]2C(=O)Nc2cc([C@H]3CC[C@@H](OC(=O)NC(C)C)C3)[nH]n2)c1. The van der Waals surface area contributed by atoms with E-state index in [0.29, 0.717) is 50.0 Å². The molecule has 2 aliphatic carbocycles. The number of methoxy groups -OCH3 is 1. The highest BCUT2D eigenvalue weighted by Gasteiger charge is 2.47. The minimum Gasteiger partial charge on any atom is -0.497 e. The highest BCUT2D eigenvalue weighted by Crippen LogP contribution is 2.53. The Morgan fingerprint density at radius 3 is 2.61 bits per heavy atom. The van der Waals surface area contributed by atoms with Crippen LogP contribution in [0.1, 0.15) is 80.0 Å². The Morgan fingerprint density at radius 2 is 1.86 bits per heavy atom. The molecule has 0 spiro atoms. The molecule has 234 valence electrons. The molecule has 4 atom stereocenters. The molecule has 2 saturated carbocycles. The summed E-state index contributed by atoms with van der Waals surface area (Å²) < 4.78 is 29.3. The summed E-state index contributed by atoms with van der Waals surface area (Å²) in [5.74, 6) is 1.55. The molecule has 3 fully saturated rings. The van der Waals surface area contributed by atoms with E-state index in [4.69, 9.17) is 23.7 Å². The van der Waals surface area contributed by atoms with Crippen molar-refractivity contribution in [1.29, 1.82) is 0 Å². The first-order chi connectivity index (χ1) is 21.4. The summed E-state index contributed by atoms with van der Waals surface area (Å²) in [5, 5.41) is 13.2. The molecule has 1 saturated heterocycles. The summed E-state index contributed by atoms with van der Waals surface area (Å²) in [5.41, 5.74) is 3.70. The van der Waals surface area contributed by atoms with Crippen molar-refractivity contribution in [3.63, 3.8) is 0 Å². The van der Waals surface area contributed by atoms with E-state index in [-0.39, 0.29) is 41.9 Å². The molecule has 0 bridgehead atoms. The number of nitrogens with zero attached hydrogens (tertiary/aromatic N) is 1. The van der Waals surface area contributed by atoms with Crippen LogP contribution in [-0.4, -0.2) is 54.7 Å². The molecule has 2 heterocycles. The topological polar surface area (TPSA) is 133 Å². The minimum absolute atomic E-state index is 0.0273. The fourth-order valence-corrected chi connectivity index (χ4v) is 6.09. The van der Waals surface area contributed by atoms with Gasteiger partial charge in [-0.1, -0.05) is 30.3 Å². The lowest BCUT2D eigenvalue weighted by molar-refractivity contribution is -0.117. The molecule has 3 N–H and O–H groups in total. The van der Waals surface area contributed by atoms with E-state index in [1.807, 2.05) is 62.4 Å². The quantitative estimate of drug-likeness (QED) is 0.259.